The van der Waals surface area contributed by atoms with E-state index < -0.39 is 0 Å². The van der Waals surface area contributed by atoms with Crippen LogP contribution in [0.3, 0.4) is 0 Å². The first-order valence-electron chi connectivity index (χ1n) is 9.11. The predicted octanol–water partition coefficient (Wildman–Crippen LogP) is 2.49. The van der Waals surface area contributed by atoms with Crippen LogP contribution in [0.2, 0.25) is 0 Å². The number of thiophene rings is 1. The maximum Gasteiger partial charge on any atom is 0.261 e. The van der Waals surface area contributed by atoms with E-state index in [0.717, 1.165) is 18.4 Å². The van der Waals surface area contributed by atoms with Crippen LogP contribution in [-0.4, -0.2) is 32.0 Å². The van der Waals surface area contributed by atoms with Gasteiger partial charge in [0.25, 0.3) is 11.8 Å². The molecule has 0 saturated heterocycles. The van der Waals surface area contributed by atoms with Crippen molar-refractivity contribution in [2.75, 3.05) is 0 Å². The van der Waals surface area contributed by atoms with E-state index in [1.165, 1.54) is 11.3 Å². The second-order valence-corrected chi connectivity index (χ2v) is 7.71. The standard InChI is InChI=1S/C19H20N6O2S/c1-12(17-22-23-24-25(17)15-8-9-15)21-18(26)14-6-4-13(5-7-14)11-20-19(27)16-3-2-10-28-16/h2-7,10,12,15H,8-9,11H2,1H3,(H,20,27)(H,21,26)/t12-/m1/s1. The number of nitrogens with zero attached hydrogens (tertiary/aromatic N) is 4. The highest BCUT2D eigenvalue weighted by Crippen LogP contribution is 2.35. The molecule has 1 fully saturated rings. The zero-order chi connectivity index (χ0) is 19.5. The summed E-state index contributed by atoms with van der Waals surface area (Å²) in [5, 5.41) is 19.5. The lowest BCUT2D eigenvalue weighted by atomic mass is 10.1. The van der Waals surface area contributed by atoms with Crippen LogP contribution >= 0.6 is 11.3 Å². The minimum Gasteiger partial charge on any atom is -0.347 e. The zero-order valence-corrected chi connectivity index (χ0v) is 16.1. The lowest BCUT2D eigenvalue weighted by molar-refractivity contribution is 0.0933. The Morgan fingerprint density at radius 3 is 2.68 bits per heavy atom. The van der Waals surface area contributed by atoms with Crippen molar-refractivity contribution < 1.29 is 9.59 Å². The second-order valence-electron chi connectivity index (χ2n) is 6.76. The summed E-state index contributed by atoms with van der Waals surface area (Å²) < 4.78 is 1.80. The van der Waals surface area contributed by atoms with E-state index in [0.29, 0.717) is 28.9 Å². The third kappa shape index (κ3) is 4.09. The lowest BCUT2D eigenvalue weighted by Gasteiger charge is -2.13. The van der Waals surface area contributed by atoms with Crippen LogP contribution in [0.5, 0.6) is 0 Å². The Morgan fingerprint density at radius 2 is 2.00 bits per heavy atom. The molecule has 2 aromatic heterocycles. The van der Waals surface area contributed by atoms with Crippen LogP contribution in [0.25, 0.3) is 0 Å². The van der Waals surface area contributed by atoms with Gasteiger partial charge in [-0.2, -0.15) is 0 Å². The summed E-state index contributed by atoms with van der Waals surface area (Å²) in [6.07, 6.45) is 2.15. The number of hydrogen-bond acceptors (Lipinski definition) is 6. The lowest BCUT2D eigenvalue weighted by Crippen LogP contribution is -2.29. The number of tetrazole rings is 1. The summed E-state index contributed by atoms with van der Waals surface area (Å²) in [5.74, 6) is 0.384. The monoisotopic (exact) mass is 396 g/mol. The molecule has 1 aliphatic rings. The van der Waals surface area contributed by atoms with Gasteiger partial charge in [0.15, 0.2) is 5.82 Å². The maximum absolute atomic E-state index is 12.5. The fourth-order valence-corrected chi connectivity index (χ4v) is 3.50. The van der Waals surface area contributed by atoms with Crippen molar-refractivity contribution in [1.82, 2.24) is 30.8 Å². The number of hydrogen-bond donors (Lipinski definition) is 2. The number of aromatic nitrogens is 4. The van der Waals surface area contributed by atoms with Crippen LogP contribution in [0.15, 0.2) is 41.8 Å². The fraction of sp³-hybridized carbons (Fsp3) is 0.316. The summed E-state index contributed by atoms with van der Waals surface area (Å²) >= 11 is 1.40. The molecular weight excluding hydrogens is 376 g/mol. The van der Waals surface area contributed by atoms with E-state index >= 15 is 0 Å². The van der Waals surface area contributed by atoms with Gasteiger partial charge in [0.05, 0.1) is 17.0 Å². The highest BCUT2D eigenvalue weighted by molar-refractivity contribution is 7.12. The van der Waals surface area contributed by atoms with Gasteiger partial charge < -0.3 is 10.6 Å². The van der Waals surface area contributed by atoms with Crippen LogP contribution in [0.4, 0.5) is 0 Å². The summed E-state index contributed by atoms with van der Waals surface area (Å²) in [6, 6.07) is 10.9. The van der Waals surface area contributed by atoms with Crippen molar-refractivity contribution in [1.29, 1.82) is 0 Å². The van der Waals surface area contributed by atoms with Crippen LogP contribution in [0, 0.1) is 0 Å². The number of benzene rings is 1. The van der Waals surface area contributed by atoms with Crippen molar-refractivity contribution in [3.63, 3.8) is 0 Å². The molecule has 3 aromatic rings. The van der Waals surface area contributed by atoms with Crippen LogP contribution < -0.4 is 10.6 Å². The zero-order valence-electron chi connectivity index (χ0n) is 15.3. The molecular formula is C19H20N6O2S. The largest absolute Gasteiger partial charge is 0.347 e. The molecule has 4 rings (SSSR count). The highest BCUT2D eigenvalue weighted by atomic mass is 32.1. The molecule has 2 amide bonds. The van der Waals surface area contributed by atoms with Crippen molar-refractivity contribution in [3.05, 3.63) is 63.6 Å². The summed E-state index contributed by atoms with van der Waals surface area (Å²) in [4.78, 5) is 25.2. The Bertz CT molecular complexity index is 963. The first-order valence-corrected chi connectivity index (χ1v) is 9.99. The van der Waals surface area contributed by atoms with E-state index in [1.54, 1.807) is 22.9 Å². The molecule has 2 N–H and O–H groups in total. The normalized spacial score (nSPS) is 14.5. The molecule has 0 bridgehead atoms. The Balaban J connectivity index is 1.33. The topological polar surface area (TPSA) is 102 Å². The highest BCUT2D eigenvalue weighted by Gasteiger charge is 2.30. The molecule has 0 unspecified atom stereocenters. The Labute approximate surface area is 166 Å². The van der Waals surface area contributed by atoms with Gasteiger partial charge in [-0.3, -0.25) is 9.59 Å². The second kappa shape index (κ2) is 7.89. The van der Waals surface area contributed by atoms with E-state index in [4.69, 9.17) is 0 Å². The van der Waals surface area contributed by atoms with Gasteiger partial charge in [0.2, 0.25) is 0 Å². The third-order valence-electron chi connectivity index (χ3n) is 4.56. The molecule has 0 spiro atoms. The molecule has 144 valence electrons. The Kier molecular flexibility index (Phi) is 5.16. The van der Waals surface area contributed by atoms with E-state index in [2.05, 4.69) is 26.2 Å². The van der Waals surface area contributed by atoms with Gasteiger partial charge in [-0.1, -0.05) is 18.2 Å². The number of carbonyl (C=O) groups excluding carboxylic acids is 2. The average Bonchev–Trinajstić information content (AvgIpc) is 3.20. The van der Waals surface area contributed by atoms with Crippen molar-refractivity contribution >= 4 is 23.2 Å². The van der Waals surface area contributed by atoms with Crippen molar-refractivity contribution in [2.45, 2.75) is 38.4 Å². The molecule has 1 atom stereocenters. The fourth-order valence-electron chi connectivity index (χ4n) is 2.86. The van der Waals surface area contributed by atoms with Gasteiger partial charge in [-0.25, -0.2) is 4.68 Å². The first-order chi connectivity index (χ1) is 13.6. The third-order valence-corrected chi connectivity index (χ3v) is 5.43. The van der Waals surface area contributed by atoms with Crippen molar-refractivity contribution in [3.8, 4) is 0 Å². The molecule has 1 aliphatic carbocycles. The molecule has 0 aliphatic heterocycles. The summed E-state index contributed by atoms with van der Waals surface area (Å²) in [5.41, 5.74) is 1.47. The molecule has 1 saturated carbocycles. The van der Waals surface area contributed by atoms with E-state index in [1.807, 2.05) is 30.5 Å². The van der Waals surface area contributed by atoms with Gasteiger partial charge in [0.1, 0.15) is 0 Å². The summed E-state index contributed by atoms with van der Waals surface area (Å²) in [7, 11) is 0. The molecule has 0 radical (unpaired) electrons. The minimum absolute atomic E-state index is 0.0981. The number of carbonyl (C=O) groups is 2. The smallest absolute Gasteiger partial charge is 0.261 e. The van der Waals surface area contributed by atoms with Crippen LogP contribution in [0.1, 0.15) is 63.3 Å². The number of nitrogens with one attached hydrogen (secondary N) is 2. The molecule has 8 nitrogen and oxygen atoms in total. The number of rotatable bonds is 7. The quantitative estimate of drug-likeness (QED) is 0.639. The Hall–Kier alpha value is -3.07. The van der Waals surface area contributed by atoms with Gasteiger partial charge in [0, 0.05) is 12.1 Å². The van der Waals surface area contributed by atoms with Gasteiger partial charge >= 0.3 is 0 Å². The predicted molar refractivity (Wildman–Crippen MR) is 104 cm³/mol. The first kappa shape index (κ1) is 18.3. The number of amides is 2. The van der Waals surface area contributed by atoms with Crippen LogP contribution in [-0.2, 0) is 6.54 Å². The summed E-state index contributed by atoms with van der Waals surface area (Å²) in [6.45, 7) is 2.28. The van der Waals surface area contributed by atoms with Crippen molar-refractivity contribution in [2.24, 2.45) is 0 Å². The minimum atomic E-state index is -0.284. The van der Waals surface area contributed by atoms with Gasteiger partial charge in [-0.15, -0.1) is 16.4 Å². The van der Waals surface area contributed by atoms with E-state index in [9.17, 15) is 9.59 Å². The van der Waals surface area contributed by atoms with Gasteiger partial charge in [-0.05, 0) is 59.3 Å². The Morgan fingerprint density at radius 1 is 1.21 bits per heavy atom. The SMILES string of the molecule is C[C@@H](NC(=O)c1ccc(CNC(=O)c2cccs2)cc1)c1nnnn1C1CC1. The molecule has 2 heterocycles. The van der Waals surface area contributed by atoms with E-state index in [-0.39, 0.29) is 17.9 Å². The molecule has 28 heavy (non-hydrogen) atoms. The average molecular weight is 396 g/mol. The molecule has 9 heteroatoms. The maximum atomic E-state index is 12.5. The molecule has 1 aromatic carbocycles.